The average molecular weight is 411 g/mol. The summed E-state index contributed by atoms with van der Waals surface area (Å²) in [5.74, 6) is 1.49. The summed E-state index contributed by atoms with van der Waals surface area (Å²) in [6, 6.07) is 12.2. The molecule has 2 heterocycles. The number of nitro benzene ring substituents is 1. The standard InChI is InChI=1S/C22H25N3O5/c1-23(17-6-8-18(9-7-17)25(27)28)22(26)15-24-11-2-4-19(24)16-5-10-20-21(14-16)30-13-3-12-29-20/h5-10,14,19H,2-4,11-13,15H2,1H3/t19-/m1/s1. The lowest BCUT2D eigenvalue weighted by molar-refractivity contribution is -0.384. The number of likely N-dealkylation sites (N-methyl/N-ethyl adjacent to an activating group) is 1. The van der Waals surface area contributed by atoms with Gasteiger partial charge in [0.05, 0.1) is 24.7 Å². The maximum Gasteiger partial charge on any atom is 0.269 e. The van der Waals surface area contributed by atoms with Crippen LogP contribution in [0.15, 0.2) is 42.5 Å². The van der Waals surface area contributed by atoms with Crippen molar-refractivity contribution in [2.45, 2.75) is 25.3 Å². The lowest BCUT2D eigenvalue weighted by atomic mass is 10.0. The van der Waals surface area contributed by atoms with Gasteiger partial charge in [0.15, 0.2) is 11.5 Å². The summed E-state index contributed by atoms with van der Waals surface area (Å²) in [6.45, 7) is 2.43. The van der Waals surface area contributed by atoms with Crippen LogP contribution in [-0.4, -0.2) is 49.1 Å². The number of non-ortho nitro benzene ring substituents is 1. The number of fused-ring (bicyclic) bond motifs is 1. The topological polar surface area (TPSA) is 85.2 Å². The summed E-state index contributed by atoms with van der Waals surface area (Å²) < 4.78 is 11.5. The largest absolute Gasteiger partial charge is 0.490 e. The van der Waals surface area contributed by atoms with Gasteiger partial charge < -0.3 is 14.4 Å². The number of anilines is 1. The molecule has 0 aliphatic carbocycles. The lowest BCUT2D eigenvalue weighted by Crippen LogP contribution is -2.38. The maximum atomic E-state index is 12.9. The molecule has 1 atom stereocenters. The van der Waals surface area contributed by atoms with E-state index in [0.717, 1.165) is 42.9 Å². The smallest absolute Gasteiger partial charge is 0.269 e. The molecule has 0 spiro atoms. The van der Waals surface area contributed by atoms with E-state index in [0.29, 0.717) is 18.9 Å². The van der Waals surface area contributed by atoms with Crippen LogP contribution in [0.25, 0.3) is 0 Å². The molecule has 0 bridgehead atoms. The zero-order chi connectivity index (χ0) is 21.1. The number of hydrogen-bond acceptors (Lipinski definition) is 6. The van der Waals surface area contributed by atoms with Crippen molar-refractivity contribution >= 4 is 17.3 Å². The van der Waals surface area contributed by atoms with Gasteiger partial charge in [0.1, 0.15) is 0 Å². The number of benzene rings is 2. The van der Waals surface area contributed by atoms with Crippen LogP contribution < -0.4 is 14.4 Å². The Morgan fingerprint density at radius 2 is 1.87 bits per heavy atom. The van der Waals surface area contributed by atoms with Gasteiger partial charge in [-0.3, -0.25) is 19.8 Å². The van der Waals surface area contributed by atoms with Crippen LogP contribution in [0.2, 0.25) is 0 Å². The minimum Gasteiger partial charge on any atom is -0.490 e. The Hall–Kier alpha value is -3.13. The molecular weight excluding hydrogens is 386 g/mol. The zero-order valence-electron chi connectivity index (χ0n) is 17.0. The normalized spacial score (nSPS) is 18.6. The Morgan fingerprint density at radius 3 is 2.60 bits per heavy atom. The molecule has 2 aromatic carbocycles. The number of nitrogens with zero attached hydrogens (tertiary/aromatic N) is 3. The van der Waals surface area contributed by atoms with Gasteiger partial charge in [-0.2, -0.15) is 0 Å². The van der Waals surface area contributed by atoms with Gasteiger partial charge in [-0.1, -0.05) is 6.07 Å². The molecule has 158 valence electrons. The highest BCUT2D eigenvalue weighted by Gasteiger charge is 2.29. The third-order valence-electron chi connectivity index (χ3n) is 5.68. The summed E-state index contributed by atoms with van der Waals surface area (Å²) in [5, 5.41) is 10.8. The summed E-state index contributed by atoms with van der Waals surface area (Å²) in [5.41, 5.74) is 1.77. The number of carbonyl (C=O) groups is 1. The minimum absolute atomic E-state index is 0.00798. The predicted octanol–water partition coefficient (Wildman–Crippen LogP) is 3.56. The van der Waals surface area contributed by atoms with Gasteiger partial charge >= 0.3 is 0 Å². The first-order chi connectivity index (χ1) is 14.5. The Morgan fingerprint density at radius 1 is 1.13 bits per heavy atom. The Bertz CT molecular complexity index is 931. The number of amides is 1. The van der Waals surface area contributed by atoms with Crippen LogP contribution >= 0.6 is 0 Å². The molecule has 0 aromatic heterocycles. The van der Waals surface area contributed by atoms with E-state index in [2.05, 4.69) is 11.0 Å². The molecular formula is C22H25N3O5. The van der Waals surface area contributed by atoms with Gasteiger partial charge in [0.2, 0.25) is 5.91 Å². The molecule has 8 heteroatoms. The SMILES string of the molecule is CN(C(=O)CN1CCC[C@@H]1c1ccc2c(c1)OCCCO2)c1ccc([N+](=O)[O-])cc1. The van der Waals surface area contributed by atoms with Gasteiger partial charge in [-0.15, -0.1) is 0 Å². The van der Waals surface area contributed by atoms with Crippen molar-refractivity contribution in [2.75, 3.05) is 38.3 Å². The first-order valence-corrected chi connectivity index (χ1v) is 10.2. The Labute approximate surface area is 175 Å². The fourth-order valence-electron chi connectivity index (χ4n) is 4.00. The van der Waals surface area contributed by atoms with Crippen molar-refractivity contribution in [1.29, 1.82) is 0 Å². The third-order valence-corrected chi connectivity index (χ3v) is 5.68. The van der Waals surface area contributed by atoms with Gasteiger partial charge in [0, 0.05) is 37.3 Å². The molecule has 1 fully saturated rings. The number of rotatable bonds is 5. The molecule has 2 aliphatic rings. The predicted molar refractivity (Wildman–Crippen MR) is 112 cm³/mol. The molecule has 0 N–H and O–H groups in total. The summed E-state index contributed by atoms with van der Waals surface area (Å²) in [4.78, 5) is 27.0. The second-order valence-electron chi connectivity index (χ2n) is 7.61. The van der Waals surface area contributed by atoms with Crippen LogP contribution in [-0.2, 0) is 4.79 Å². The monoisotopic (exact) mass is 411 g/mol. The highest BCUT2D eigenvalue weighted by Crippen LogP contribution is 2.37. The first kappa shape index (κ1) is 20.2. The minimum atomic E-state index is -0.449. The van der Waals surface area contributed by atoms with E-state index in [9.17, 15) is 14.9 Å². The van der Waals surface area contributed by atoms with Crippen LogP contribution in [0.5, 0.6) is 11.5 Å². The fourth-order valence-corrected chi connectivity index (χ4v) is 4.00. The van der Waals surface area contributed by atoms with Crippen molar-refractivity contribution in [1.82, 2.24) is 4.90 Å². The van der Waals surface area contributed by atoms with Crippen LogP contribution in [0, 0.1) is 10.1 Å². The quantitative estimate of drug-likeness (QED) is 0.553. The number of hydrogen-bond donors (Lipinski definition) is 0. The van der Waals surface area contributed by atoms with Crippen molar-refractivity contribution in [2.24, 2.45) is 0 Å². The molecule has 4 rings (SSSR count). The summed E-state index contributed by atoms with van der Waals surface area (Å²) in [7, 11) is 1.70. The Balaban J connectivity index is 1.45. The number of likely N-dealkylation sites (tertiary alicyclic amines) is 1. The van der Waals surface area contributed by atoms with Crippen LogP contribution in [0.1, 0.15) is 30.9 Å². The number of carbonyl (C=O) groups excluding carboxylic acids is 1. The van der Waals surface area contributed by atoms with Gasteiger partial charge in [-0.05, 0) is 49.2 Å². The van der Waals surface area contributed by atoms with Gasteiger partial charge in [-0.25, -0.2) is 0 Å². The molecule has 30 heavy (non-hydrogen) atoms. The lowest BCUT2D eigenvalue weighted by Gasteiger charge is -2.27. The van der Waals surface area contributed by atoms with Crippen molar-refractivity contribution in [3.63, 3.8) is 0 Å². The van der Waals surface area contributed by atoms with Crippen molar-refractivity contribution in [3.05, 3.63) is 58.1 Å². The zero-order valence-corrected chi connectivity index (χ0v) is 17.0. The maximum absolute atomic E-state index is 12.9. The molecule has 0 saturated carbocycles. The molecule has 1 amide bonds. The molecule has 0 unspecified atom stereocenters. The van der Waals surface area contributed by atoms with E-state index in [4.69, 9.17) is 9.47 Å². The van der Waals surface area contributed by atoms with E-state index in [1.54, 1.807) is 24.1 Å². The van der Waals surface area contributed by atoms with E-state index >= 15 is 0 Å². The van der Waals surface area contributed by atoms with Gasteiger partial charge in [0.25, 0.3) is 5.69 Å². The number of ether oxygens (including phenoxy) is 2. The molecule has 8 nitrogen and oxygen atoms in total. The third kappa shape index (κ3) is 4.23. The fraction of sp³-hybridized carbons (Fsp3) is 0.409. The highest BCUT2D eigenvalue weighted by atomic mass is 16.6. The molecule has 0 radical (unpaired) electrons. The second kappa shape index (κ2) is 8.71. The average Bonchev–Trinajstić information content (AvgIpc) is 3.08. The van der Waals surface area contributed by atoms with Crippen molar-refractivity contribution < 1.29 is 19.2 Å². The molecule has 2 aromatic rings. The summed E-state index contributed by atoms with van der Waals surface area (Å²) >= 11 is 0. The highest BCUT2D eigenvalue weighted by molar-refractivity contribution is 5.94. The van der Waals surface area contributed by atoms with E-state index in [1.807, 2.05) is 12.1 Å². The second-order valence-corrected chi connectivity index (χ2v) is 7.61. The summed E-state index contributed by atoms with van der Waals surface area (Å²) in [6.07, 6.45) is 2.87. The van der Waals surface area contributed by atoms with Crippen LogP contribution in [0.4, 0.5) is 11.4 Å². The molecule has 1 saturated heterocycles. The van der Waals surface area contributed by atoms with E-state index < -0.39 is 4.92 Å². The van der Waals surface area contributed by atoms with Crippen LogP contribution in [0.3, 0.4) is 0 Å². The number of nitro groups is 1. The van der Waals surface area contributed by atoms with E-state index in [1.165, 1.54) is 12.1 Å². The first-order valence-electron chi connectivity index (χ1n) is 10.2. The molecule has 2 aliphatic heterocycles. The van der Waals surface area contributed by atoms with Crippen molar-refractivity contribution in [3.8, 4) is 11.5 Å². The Kier molecular flexibility index (Phi) is 5.85. The van der Waals surface area contributed by atoms with E-state index in [-0.39, 0.29) is 24.2 Å².